The third-order valence-electron chi connectivity index (χ3n) is 5.97. The minimum atomic E-state index is -4.56. The first kappa shape index (κ1) is 33.8. The average Bonchev–Trinajstić information content (AvgIpc) is 2.81. The van der Waals surface area contributed by atoms with Gasteiger partial charge in [-0.3, -0.25) is 4.79 Å². The summed E-state index contributed by atoms with van der Waals surface area (Å²) in [6.45, 7) is 1.95. The molecule has 4 N–H and O–H groups in total. The summed E-state index contributed by atoms with van der Waals surface area (Å²) in [5.41, 5.74) is 0. The summed E-state index contributed by atoms with van der Waals surface area (Å²) in [6, 6.07) is 0. The Kier molecular flexibility index (Phi) is 23.1. The first-order chi connectivity index (χ1) is 16.4. The third kappa shape index (κ3) is 20.1. The molecule has 0 aromatic rings. The molecule has 0 spiro atoms. The van der Waals surface area contributed by atoms with E-state index in [-0.39, 0.29) is 13.2 Å². The molecule has 0 aliphatic rings. The van der Waals surface area contributed by atoms with Crippen LogP contribution in [-0.4, -0.2) is 71.1 Å². The molecule has 0 fully saturated rings. The Morgan fingerprint density at radius 2 is 1.18 bits per heavy atom. The summed E-state index contributed by atoms with van der Waals surface area (Å²) in [7, 11) is -3.11. The van der Waals surface area contributed by atoms with E-state index in [1.807, 2.05) is 0 Å². The molecule has 0 radical (unpaired) electrons. The standard InChI is InChI=1S/C25H52O8P/c1-3-4-5-6-7-8-9-10-11-12-13-14-15-16-17-18-19-32-21-23(31-2)22-33-25(24(27)20-26)34(28,29)30/h23,25-26,28-30H,3-22H2,1-2H3/q+1/t23-,25?/m0/s1. The van der Waals surface area contributed by atoms with Crippen LogP contribution in [-0.2, 0) is 19.0 Å². The van der Waals surface area contributed by atoms with Gasteiger partial charge >= 0.3 is 13.8 Å². The molecule has 0 aliphatic heterocycles. The van der Waals surface area contributed by atoms with Crippen molar-refractivity contribution in [3.8, 4) is 0 Å². The molecule has 34 heavy (non-hydrogen) atoms. The molecule has 0 heterocycles. The summed E-state index contributed by atoms with van der Waals surface area (Å²) >= 11 is 0. The number of hydrogen-bond donors (Lipinski definition) is 4. The number of aliphatic hydroxyl groups excluding tert-OH is 1. The molecular weight excluding hydrogens is 459 g/mol. The minimum absolute atomic E-state index is 0.171. The van der Waals surface area contributed by atoms with Gasteiger partial charge in [-0.05, 0) is 6.42 Å². The van der Waals surface area contributed by atoms with E-state index >= 15 is 0 Å². The average molecular weight is 512 g/mol. The summed E-state index contributed by atoms with van der Waals surface area (Å²) in [5, 5.41) is 8.86. The van der Waals surface area contributed by atoms with Crippen molar-refractivity contribution in [1.82, 2.24) is 0 Å². The van der Waals surface area contributed by atoms with Crippen molar-refractivity contribution < 1.29 is 38.8 Å². The normalized spacial score (nSPS) is 13.8. The van der Waals surface area contributed by atoms with E-state index in [1.165, 1.54) is 97.0 Å². The molecule has 1 unspecified atom stereocenters. The van der Waals surface area contributed by atoms with Crippen LogP contribution in [0.25, 0.3) is 0 Å². The number of aliphatic hydroxyl groups is 1. The zero-order valence-electron chi connectivity index (χ0n) is 21.7. The fraction of sp³-hybridized carbons (Fsp3) is 0.960. The summed E-state index contributed by atoms with van der Waals surface area (Å²) in [6.07, 6.45) is 20.5. The SMILES string of the molecule is CCCCCCCCCCCCCCCCCCOC[C@@H](COC(C(=O)CO)[P+](O)(O)O)OC. The van der Waals surface area contributed by atoms with Gasteiger partial charge in [0.15, 0.2) is 0 Å². The fourth-order valence-electron chi connectivity index (χ4n) is 3.81. The lowest BCUT2D eigenvalue weighted by atomic mass is 10.0. The van der Waals surface area contributed by atoms with Gasteiger partial charge in [-0.1, -0.05) is 103 Å². The van der Waals surface area contributed by atoms with Gasteiger partial charge in [0.1, 0.15) is 12.7 Å². The Balaban J connectivity index is 3.55. The number of ketones is 1. The van der Waals surface area contributed by atoms with Crippen molar-refractivity contribution >= 4 is 13.7 Å². The number of rotatable bonds is 26. The topological polar surface area (TPSA) is 126 Å². The molecule has 9 heteroatoms. The van der Waals surface area contributed by atoms with Crippen LogP contribution < -0.4 is 0 Å². The van der Waals surface area contributed by atoms with E-state index in [0.717, 1.165) is 12.8 Å². The van der Waals surface area contributed by atoms with Crippen LogP contribution in [0.1, 0.15) is 110 Å². The molecule has 0 aromatic carbocycles. The number of carbonyl (C=O) groups excluding carboxylic acids is 1. The van der Waals surface area contributed by atoms with Crippen molar-refractivity contribution in [1.29, 1.82) is 0 Å². The summed E-state index contributed by atoms with van der Waals surface area (Å²) < 4.78 is 15.9. The highest BCUT2D eigenvalue weighted by atomic mass is 31.2. The quantitative estimate of drug-likeness (QED) is 0.0952. The smallest absolute Gasteiger partial charge is 0.388 e. The number of carbonyl (C=O) groups is 1. The first-order valence-electron chi connectivity index (χ1n) is 13.3. The molecule has 204 valence electrons. The maximum absolute atomic E-state index is 11.5. The van der Waals surface area contributed by atoms with Gasteiger partial charge in [-0.15, -0.1) is 0 Å². The van der Waals surface area contributed by atoms with Gasteiger partial charge in [-0.2, -0.15) is 14.7 Å². The van der Waals surface area contributed by atoms with Crippen LogP contribution in [0.15, 0.2) is 0 Å². The van der Waals surface area contributed by atoms with Crippen LogP contribution in [0.4, 0.5) is 0 Å². The minimum Gasteiger partial charge on any atom is -0.388 e. The molecule has 0 rings (SSSR count). The lowest BCUT2D eigenvalue weighted by Gasteiger charge is -2.20. The van der Waals surface area contributed by atoms with Crippen LogP contribution in [0.5, 0.6) is 0 Å². The number of ether oxygens (including phenoxy) is 3. The van der Waals surface area contributed by atoms with Crippen LogP contribution in [0, 0.1) is 0 Å². The maximum atomic E-state index is 11.5. The Hall–Kier alpha value is -0.180. The van der Waals surface area contributed by atoms with Crippen molar-refractivity contribution in [2.24, 2.45) is 0 Å². The highest BCUT2D eigenvalue weighted by Crippen LogP contribution is 2.51. The lowest BCUT2D eigenvalue weighted by molar-refractivity contribution is -0.132. The van der Waals surface area contributed by atoms with E-state index in [0.29, 0.717) is 6.61 Å². The van der Waals surface area contributed by atoms with Crippen molar-refractivity contribution in [3.63, 3.8) is 0 Å². The molecule has 0 bridgehead atoms. The molecule has 0 amide bonds. The molecular formula is C25H52O8P+. The second-order valence-electron chi connectivity index (χ2n) is 9.16. The van der Waals surface area contributed by atoms with Crippen LogP contribution in [0.3, 0.4) is 0 Å². The monoisotopic (exact) mass is 511 g/mol. The number of methoxy groups -OCH3 is 1. The maximum Gasteiger partial charge on any atom is 0.443 e. The lowest BCUT2D eigenvalue weighted by Crippen LogP contribution is -2.34. The zero-order chi connectivity index (χ0) is 25.5. The Labute approximate surface area is 208 Å². The predicted octanol–water partition coefficient (Wildman–Crippen LogP) is 4.92. The Bertz CT molecular complexity index is 459. The van der Waals surface area contributed by atoms with Gasteiger partial charge in [0.05, 0.1) is 13.2 Å². The number of unbranched alkanes of at least 4 members (excludes halogenated alkanes) is 15. The molecule has 0 aliphatic carbocycles. The predicted molar refractivity (Wildman–Crippen MR) is 137 cm³/mol. The fourth-order valence-corrected chi connectivity index (χ4v) is 4.57. The Morgan fingerprint density at radius 3 is 1.56 bits per heavy atom. The third-order valence-corrected chi connectivity index (χ3v) is 7.03. The molecule has 0 saturated heterocycles. The van der Waals surface area contributed by atoms with E-state index in [4.69, 9.17) is 19.3 Å². The first-order valence-corrected chi connectivity index (χ1v) is 15.0. The van der Waals surface area contributed by atoms with Gasteiger partial charge in [0.25, 0.3) is 0 Å². The summed E-state index contributed by atoms with van der Waals surface area (Å²) in [4.78, 5) is 39.4. The highest BCUT2D eigenvalue weighted by Gasteiger charge is 2.49. The molecule has 2 atom stereocenters. The van der Waals surface area contributed by atoms with Crippen LogP contribution in [0.2, 0.25) is 0 Å². The van der Waals surface area contributed by atoms with E-state index < -0.39 is 32.3 Å². The second kappa shape index (κ2) is 23.2. The zero-order valence-corrected chi connectivity index (χ0v) is 22.6. The highest BCUT2D eigenvalue weighted by molar-refractivity contribution is 7.60. The molecule has 8 nitrogen and oxygen atoms in total. The van der Waals surface area contributed by atoms with E-state index in [1.54, 1.807) is 0 Å². The molecule has 0 saturated carbocycles. The van der Waals surface area contributed by atoms with Crippen molar-refractivity contribution in [3.05, 3.63) is 0 Å². The van der Waals surface area contributed by atoms with E-state index in [2.05, 4.69) is 6.92 Å². The van der Waals surface area contributed by atoms with Gasteiger partial charge in [-0.25, -0.2) is 0 Å². The summed E-state index contributed by atoms with van der Waals surface area (Å²) in [5.74, 6) is -2.86. The largest absolute Gasteiger partial charge is 0.443 e. The van der Waals surface area contributed by atoms with Gasteiger partial charge in [0, 0.05) is 13.7 Å². The second-order valence-corrected chi connectivity index (χ2v) is 10.9. The van der Waals surface area contributed by atoms with E-state index in [9.17, 15) is 19.5 Å². The van der Waals surface area contributed by atoms with Crippen molar-refractivity contribution in [2.75, 3.05) is 33.5 Å². The van der Waals surface area contributed by atoms with Gasteiger partial charge in [0.2, 0.25) is 5.78 Å². The number of Topliss-reactive ketones (excluding diaryl/α,β-unsaturated/α-hetero) is 1. The van der Waals surface area contributed by atoms with Crippen LogP contribution >= 0.6 is 7.94 Å². The van der Waals surface area contributed by atoms with Crippen molar-refractivity contribution in [2.45, 2.75) is 122 Å². The van der Waals surface area contributed by atoms with Gasteiger partial charge < -0.3 is 19.3 Å². The Morgan fingerprint density at radius 1 is 0.735 bits per heavy atom. The molecule has 0 aromatic heterocycles. The number of hydrogen-bond acceptors (Lipinski definition) is 8.